The fourth-order valence-electron chi connectivity index (χ4n) is 2.63. The van der Waals surface area contributed by atoms with Gasteiger partial charge in [-0.05, 0) is 65.3 Å². The van der Waals surface area contributed by atoms with Gasteiger partial charge in [-0.1, -0.05) is 36.6 Å². The van der Waals surface area contributed by atoms with Crippen molar-refractivity contribution in [3.05, 3.63) is 0 Å². The Morgan fingerprint density at radius 3 is 1.36 bits per heavy atom. The molecule has 0 bridgehead atoms. The first-order chi connectivity index (χ1) is 10.7. The van der Waals surface area contributed by atoms with Gasteiger partial charge in [-0.25, -0.2) is 0 Å². The average molecular weight is 477 g/mol. The van der Waals surface area contributed by atoms with Crippen LogP contribution in [0.1, 0.15) is 43.1 Å². The maximum Gasteiger partial charge on any atom is 0.342 e. The minimum Gasteiger partial charge on any atom is -0.437 e. The van der Waals surface area contributed by atoms with E-state index in [1.807, 2.05) is 0 Å². The Balaban J connectivity index is -0.000000441. The highest BCUT2D eigenvalue weighted by molar-refractivity contribution is 6.89. The largest absolute Gasteiger partial charge is 0.437 e. The molecule has 9 heteroatoms. The quantitative estimate of drug-likeness (QED) is 0.211. The number of ether oxygens (including phenoxy) is 2. The normalized spacial score (nSPS) is 13.9. The minimum absolute atomic E-state index is 0. The molecule has 0 fully saturated rings. The molecule has 0 spiro atoms. The molecule has 0 aliphatic rings. The summed E-state index contributed by atoms with van der Waals surface area (Å²) < 4.78 is 30.7. The van der Waals surface area contributed by atoms with Gasteiger partial charge in [0.1, 0.15) is 0 Å². The predicted octanol–water partition coefficient (Wildman–Crippen LogP) is 7.01. The van der Waals surface area contributed by atoms with E-state index in [1.54, 1.807) is 0 Å². The summed E-state index contributed by atoms with van der Waals surface area (Å²) in [6, 6.07) is 0. The van der Waals surface area contributed by atoms with Crippen LogP contribution in [0.2, 0.25) is 58.9 Å². The van der Waals surface area contributed by atoms with Gasteiger partial charge >= 0.3 is 17.1 Å². The van der Waals surface area contributed by atoms with Crippen LogP contribution in [0.15, 0.2) is 0 Å². The molecule has 0 N–H and O–H groups in total. The van der Waals surface area contributed by atoms with Gasteiger partial charge in [-0.2, -0.15) is 0 Å². The lowest BCUT2D eigenvalue weighted by Gasteiger charge is -2.41. The van der Waals surface area contributed by atoms with Crippen molar-refractivity contribution in [3.8, 4) is 0 Å². The molecule has 5 nitrogen and oxygen atoms in total. The second kappa shape index (κ2) is 16.4. The molecular formula is C19H56O5Si4. The second-order valence-corrected chi connectivity index (χ2v) is 25.0. The lowest BCUT2D eigenvalue weighted by Crippen LogP contribution is -2.59. The van der Waals surface area contributed by atoms with Gasteiger partial charge < -0.3 is 21.8 Å². The third-order valence-corrected chi connectivity index (χ3v) is 15.6. The molecule has 0 saturated heterocycles. The number of rotatable bonds is 13. The third kappa shape index (κ3) is 23.0. The summed E-state index contributed by atoms with van der Waals surface area (Å²) in [5, 5.41) is 0. The Kier molecular flexibility index (Phi) is 22.9. The van der Waals surface area contributed by atoms with E-state index in [9.17, 15) is 0 Å². The van der Waals surface area contributed by atoms with Crippen LogP contribution in [0, 0.1) is 0 Å². The van der Waals surface area contributed by atoms with Crippen molar-refractivity contribution in [1.82, 2.24) is 0 Å². The monoisotopic (exact) mass is 476 g/mol. The summed E-state index contributed by atoms with van der Waals surface area (Å²) >= 11 is 0. The number of hydrogen-bond acceptors (Lipinski definition) is 5. The van der Waals surface area contributed by atoms with Crippen molar-refractivity contribution in [2.24, 2.45) is 0 Å². The molecule has 178 valence electrons. The highest BCUT2D eigenvalue weighted by atomic mass is 28.5. The standard InChI is InChI=1S/C15H40O5Si4.4CH4/c1-11-12-16-13-14-17-15-24(10,19-22(5,6)7)20-23(8,9)18-21(2,3)4;;;;/h11-15H2,1-10H3;4*1H4. The summed E-state index contributed by atoms with van der Waals surface area (Å²) in [4.78, 5) is 0. The van der Waals surface area contributed by atoms with Crippen molar-refractivity contribution in [3.63, 3.8) is 0 Å². The van der Waals surface area contributed by atoms with E-state index >= 15 is 0 Å². The zero-order valence-electron chi connectivity index (χ0n) is 17.6. The van der Waals surface area contributed by atoms with Crippen LogP contribution in [-0.2, 0) is 21.8 Å². The second-order valence-electron chi connectivity index (χ2n) is 8.73. The molecule has 0 aromatic rings. The van der Waals surface area contributed by atoms with Gasteiger partial charge in [0.15, 0.2) is 16.6 Å². The molecule has 1 atom stereocenters. The summed E-state index contributed by atoms with van der Waals surface area (Å²) in [6.07, 6.45) is 1.56. The Morgan fingerprint density at radius 2 is 0.964 bits per heavy atom. The highest BCUT2D eigenvalue weighted by Crippen LogP contribution is 2.24. The molecule has 0 aromatic heterocycles. The summed E-state index contributed by atoms with van der Waals surface area (Å²) in [5.41, 5.74) is 0. The van der Waals surface area contributed by atoms with E-state index in [0.717, 1.165) is 13.0 Å². The Hall–Kier alpha value is 0.668. The van der Waals surface area contributed by atoms with Gasteiger partial charge in [0.25, 0.3) is 0 Å². The smallest absolute Gasteiger partial charge is 0.342 e. The van der Waals surface area contributed by atoms with Crippen molar-refractivity contribution in [2.75, 3.05) is 26.1 Å². The van der Waals surface area contributed by atoms with Gasteiger partial charge in [-0.15, -0.1) is 0 Å². The van der Waals surface area contributed by atoms with Gasteiger partial charge in [0.05, 0.1) is 19.4 Å². The molecule has 0 aliphatic heterocycles. The van der Waals surface area contributed by atoms with E-state index in [2.05, 4.69) is 65.8 Å². The maximum atomic E-state index is 6.54. The average Bonchev–Trinajstić information content (AvgIpc) is 2.26. The van der Waals surface area contributed by atoms with E-state index in [4.69, 9.17) is 21.8 Å². The molecule has 28 heavy (non-hydrogen) atoms. The van der Waals surface area contributed by atoms with Crippen LogP contribution >= 0.6 is 0 Å². The number of hydrogen-bond donors (Lipinski definition) is 0. The molecular weight excluding hydrogens is 421 g/mol. The fourth-order valence-corrected chi connectivity index (χ4v) is 19.9. The van der Waals surface area contributed by atoms with Crippen LogP contribution in [0.5, 0.6) is 0 Å². The SMILES string of the molecule is C.C.C.C.CCCOCCOC[Si](C)(O[Si](C)(C)C)O[Si](C)(C)O[Si](C)(C)C. The molecule has 0 amide bonds. The zero-order valence-corrected chi connectivity index (χ0v) is 21.6. The predicted molar refractivity (Wildman–Crippen MR) is 138 cm³/mol. The van der Waals surface area contributed by atoms with Crippen molar-refractivity contribution < 1.29 is 21.8 Å². The summed E-state index contributed by atoms with van der Waals surface area (Å²) in [5.74, 6) is 0. The fraction of sp³-hybridized carbons (Fsp3) is 1.00. The van der Waals surface area contributed by atoms with Crippen molar-refractivity contribution in [2.45, 2.75) is 102 Å². The van der Waals surface area contributed by atoms with Crippen LogP contribution < -0.4 is 0 Å². The molecule has 0 rings (SSSR count). The van der Waals surface area contributed by atoms with E-state index in [-0.39, 0.29) is 29.7 Å². The Labute approximate surface area is 183 Å². The Morgan fingerprint density at radius 1 is 0.536 bits per heavy atom. The van der Waals surface area contributed by atoms with Crippen molar-refractivity contribution >= 4 is 33.8 Å². The maximum absolute atomic E-state index is 6.54. The zero-order chi connectivity index (χ0) is 19.1. The van der Waals surface area contributed by atoms with Crippen LogP contribution in [-0.4, -0.2) is 59.8 Å². The lowest BCUT2D eigenvalue weighted by molar-refractivity contribution is 0.0558. The van der Waals surface area contributed by atoms with Gasteiger partial charge in [-0.3, -0.25) is 0 Å². The van der Waals surface area contributed by atoms with Gasteiger partial charge in [0, 0.05) is 6.61 Å². The molecule has 1 unspecified atom stereocenters. The first kappa shape index (κ1) is 39.2. The molecule has 0 radical (unpaired) electrons. The lowest BCUT2D eigenvalue weighted by atomic mass is 10.5. The van der Waals surface area contributed by atoms with Crippen LogP contribution in [0.4, 0.5) is 0 Å². The molecule has 0 heterocycles. The highest BCUT2D eigenvalue weighted by Gasteiger charge is 2.44. The van der Waals surface area contributed by atoms with Crippen LogP contribution in [0.3, 0.4) is 0 Å². The topological polar surface area (TPSA) is 46.2 Å². The molecule has 0 aromatic carbocycles. The van der Waals surface area contributed by atoms with Crippen LogP contribution in [0.25, 0.3) is 0 Å². The molecule has 0 saturated carbocycles. The first-order valence-electron chi connectivity index (χ1n) is 8.94. The minimum atomic E-state index is -2.45. The third-order valence-electron chi connectivity index (χ3n) is 2.62. The summed E-state index contributed by atoms with van der Waals surface area (Å²) in [6.45, 7) is 23.6. The van der Waals surface area contributed by atoms with E-state index < -0.39 is 33.8 Å². The molecule has 0 aliphatic carbocycles. The van der Waals surface area contributed by atoms with Gasteiger partial charge in [0.2, 0.25) is 0 Å². The Bertz CT molecular complexity index is 357. The van der Waals surface area contributed by atoms with Crippen molar-refractivity contribution in [1.29, 1.82) is 0 Å². The first-order valence-corrected chi connectivity index (χ1v) is 21.1. The van der Waals surface area contributed by atoms with E-state index in [1.165, 1.54) is 0 Å². The van der Waals surface area contributed by atoms with E-state index in [0.29, 0.717) is 19.4 Å². The summed E-state index contributed by atoms with van der Waals surface area (Å²) in [7, 11) is -8.07.